The SMILES string of the molecule is CC(=O)N[C@@H](CSN=O)C(=O)OC(C)C. The van der Waals surface area contributed by atoms with Gasteiger partial charge in [0.05, 0.1) is 6.10 Å². The lowest BCUT2D eigenvalue weighted by atomic mass is 10.3. The molecule has 0 heterocycles. The van der Waals surface area contributed by atoms with Crippen molar-refractivity contribution in [1.82, 2.24) is 5.32 Å². The Labute approximate surface area is 92.2 Å². The third-order valence-electron chi connectivity index (χ3n) is 1.31. The highest BCUT2D eigenvalue weighted by Crippen LogP contribution is 2.06. The molecule has 7 heteroatoms. The molecule has 86 valence electrons. The molecule has 0 aliphatic rings. The summed E-state index contributed by atoms with van der Waals surface area (Å²) in [5.74, 6) is -0.835. The number of nitrogens with one attached hydrogen (secondary N) is 1. The lowest BCUT2D eigenvalue weighted by molar-refractivity contribution is -0.150. The molecule has 0 radical (unpaired) electrons. The second-order valence-corrected chi connectivity index (χ2v) is 3.85. The summed E-state index contributed by atoms with van der Waals surface area (Å²) in [4.78, 5) is 32.1. The van der Waals surface area contributed by atoms with Crippen molar-refractivity contribution >= 4 is 23.8 Å². The molecule has 0 bridgehead atoms. The molecule has 0 saturated heterocycles. The van der Waals surface area contributed by atoms with Crippen LogP contribution in [0.1, 0.15) is 20.8 Å². The van der Waals surface area contributed by atoms with Crippen LogP contribution < -0.4 is 5.32 Å². The maximum absolute atomic E-state index is 11.4. The molecular formula is C8H14N2O4S. The minimum atomic E-state index is -0.826. The first-order valence-corrected chi connectivity index (χ1v) is 5.33. The molecule has 0 rings (SSSR count). The van der Waals surface area contributed by atoms with E-state index < -0.39 is 12.0 Å². The van der Waals surface area contributed by atoms with Crippen LogP contribution >= 0.6 is 11.9 Å². The van der Waals surface area contributed by atoms with E-state index in [1.165, 1.54) is 6.92 Å². The van der Waals surface area contributed by atoms with Crippen LogP contribution in [-0.2, 0) is 14.3 Å². The van der Waals surface area contributed by atoms with E-state index in [1.54, 1.807) is 13.8 Å². The van der Waals surface area contributed by atoms with Crippen LogP contribution in [-0.4, -0.2) is 29.8 Å². The molecule has 0 aliphatic heterocycles. The van der Waals surface area contributed by atoms with Crippen LogP contribution in [0, 0.1) is 4.91 Å². The zero-order chi connectivity index (χ0) is 11.8. The number of ether oxygens (including phenoxy) is 1. The number of hydrogen-bond acceptors (Lipinski definition) is 6. The molecular weight excluding hydrogens is 220 g/mol. The van der Waals surface area contributed by atoms with Gasteiger partial charge < -0.3 is 10.1 Å². The number of carbonyl (C=O) groups is 2. The normalized spacial score (nSPS) is 12.0. The van der Waals surface area contributed by atoms with Gasteiger partial charge in [0.2, 0.25) is 5.91 Å². The lowest BCUT2D eigenvalue weighted by Crippen LogP contribution is -2.43. The van der Waals surface area contributed by atoms with Crippen LogP contribution in [0.25, 0.3) is 0 Å². The Bertz CT molecular complexity index is 245. The zero-order valence-corrected chi connectivity index (χ0v) is 9.67. The Morgan fingerprint density at radius 1 is 1.47 bits per heavy atom. The van der Waals surface area contributed by atoms with Crippen molar-refractivity contribution in [3.05, 3.63) is 4.91 Å². The van der Waals surface area contributed by atoms with Gasteiger partial charge in [-0.15, -0.1) is 4.91 Å². The van der Waals surface area contributed by atoms with E-state index in [2.05, 4.69) is 9.90 Å². The highest BCUT2D eigenvalue weighted by atomic mass is 32.2. The Hall–Kier alpha value is -1.11. The highest BCUT2D eigenvalue weighted by molar-refractivity contribution is 7.97. The second-order valence-electron chi connectivity index (χ2n) is 3.11. The van der Waals surface area contributed by atoms with Gasteiger partial charge in [-0.3, -0.25) is 4.79 Å². The molecule has 15 heavy (non-hydrogen) atoms. The predicted octanol–water partition coefficient (Wildman–Crippen LogP) is 0.857. The summed E-state index contributed by atoms with van der Waals surface area (Å²) >= 11 is 0.668. The van der Waals surface area contributed by atoms with Crippen molar-refractivity contribution in [3.8, 4) is 0 Å². The van der Waals surface area contributed by atoms with Crippen molar-refractivity contribution in [2.75, 3.05) is 5.75 Å². The summed E-state index contributed by atoms with van der Waals surface area (Å²) in [6.45, 7) is 4.69. The lowest BCUT2D eigenvalue weighted by Gasteiger charge is -2.16. The topological polar surface area (TPSA) is 84.8 Å². The number of hydrogen-bond donors (Lipinski definition) is 1. The van der Waals surface area contributed by atoms with E-state index >= 15 is 0 Å². The van der Waals surface area contributed by atoms with Crippen molar-refractivity contribution in [3.63, 3.8) is 0 Å². The van der Waals surface area contributed by atoms with Gasteiger partial charge in [0, 0.05) is 29.2 Å². The smallest absolute Gasteiger partial charge is 0.329 e. The van der Waals surface area contributed by atoms with Crippen molar-refractivity contribution in [2.24, 2.45) is 4.58 Å². The van der Waals surface area contributed by atoms with Crippen molar-refractivity contribution < 1.29 is 14.3 Å². The van der Waals surface area contributed by atoms with E-state index in [0.29, 0.717) is 11.9 Å². The standard InChI is InChI=1S/C8H14N2O4S/c1-5(2)14-8(12)7(4-15-10-13)9-6(3)11/h5,7H,4H2,1-3H3,(H,9,11)/t7-/m0/s1. The van der Waals surface area contributed by atoms with Gasteiger partial charge in [-0.25, -0.2) is 4.79 Å². The molecule has 0 aliphatic carbocycles. The molecule has 0 saturated carbocycles. The Balaban J connectivity index is 4.25. The fourth-order valence-electron chi connectivity index (χ4n) is 0.833. The number of amides is 1. The van der Waals surface area contributed by atoms with E-state index in [4.69, 9.17) is 4.74 Å². The van der Waals surface area contributed by atoms with Crippen LogP contribution in [0.3, 0.4) is 0 Å². The molecule has 0 spiro atoms. The Kier molecular flexibility index (Phi) is 6.68. The molecule has 0 fully saturated rings. The summed E-state index contributed by atoms with van der Waals surface area (Å²) in [7, 11) is 0. The second kappa shape index (κ2) is 7.22. The molecule has 0 aromatic carbocycles. The molecule has 1 amide bonds. The predicted molar refractivity (Wildman–Crippen MR) is 57.1 cm³/mol. The summed E-state index contributed by atoms with van der Waals surface area (Å²) in [6, 6.07) is -0.826. The van der Waals surface area contributed by atoms with Crippen LogP contribution in [0.15, 0.2) is 4.58 Å². The first-order chi connectivity index (χ1) is 6.97. The maximum atomic E-state index is 11.4. The minimum Gasteiger partial charge on any atom is -0.461 e. The monoisotopic (exact) mass is 234 g/mol. The quantitative estimate of drug-likeness (QED) is 0.418. The largest absolute Gasteiger partial charge is 0.461 e. The first kappa shape index (κ1) is 13.9. The number of rotatable bonds is 6. The van der Waals surface area contributed by atoms with Gasteiger partial charge in [0.25, 0.3) is 0 Å². The maximum Gasteiger partial charge on any atom is 0.329 e. The average molecular weight is 234 g/mol. The summed E-state index contributed by atoms with van der Waals surface area (Å²) in [5.41, 5.74) is 0. The van der Waals surface area contributed by atoms with Crippen molar-refractivity contribution in [1.29, 1.82) is 0 Å². The molecule has 6 nitrogen and oxygen atoms in total. The molecule has 1 N–H and O–H groups in total. The summed E-state index contributed by atoms with van der Waals surface area (Å²) in [5, 5.41) is 2.39. The van der Waals surface area contributed by atoms with E-state index in [9.17, 15) is 14.5 Å². The van der Waals surface area contributed by atoms with Gasteiger partial charge in [0.1, 0.15) is 6.04 Å². The van der Waals surface area contributed by atoms with E-state index in [0.717, 1.165) is 0 Å². The number of nitrogens with zero attached hydrogens (tertiary/aromatic N) is 1. The fourth-order valence-corrected chi connectivity index (χ4v) is 1.26. The molecule has 0 unspecified atom stereocenters. The van der Waals surface area contributed by atoms with Gasteiger partial charge in [-0.05, 0) is 13.8 Å². The fraction of sp³-hybridized carbons (Fsp3) is 0.750. The van der Waals surface area contributed by atoms with Gasteiger partial charge in [-0.1, -0.05) is 0 Å². The van der Waals surface area contributed by atoms with E-state index in [1.807, 2.05) is 0 Å². The number of carbonyl (C=O) groups excluding carboxylic acids is 2. The number of esters is 1. The average Bonchev–Trinajstić information content (AvgIpc) is 2.10. The molecule has 0 aromatic rings. The summed E-state index contributed by atoms with van der Waals surface area (Å²) in [6.07, 6.45) is -0.261. The third-order valence-corrected chi connectivity index (χ3v) is 1.90. The third kappa shape index (κ3) is 6.89. The van der Waals surface area contributed by atoms with Crippen LogP contribution in [0.4, 0.5) is 0 Å². The first-order valence-electron chi connectivity index (χ1n) is 4.39. The Morgan fingerprint density at radius 3 is 2.47 bits per heavy atom. The van der Waals surface area contributed by atoms with Gasteiger partial charge >= 0.3 is 5.97 Å². The summed E-state index contributed by atoms with van der Waals surface area (Å²) < 4.78 is 7.45. The zero-order valence-electron chi connectivity index (χ0n) is 8.85. The van der Waals surface area contributed by atoms with Gasteiger partial charge in [-0.2, -0.15) is 0 Å². The van der Waals surface area contributed by atoms with Crippen LogP contribution in [0.2, 0.25) is 0 Å². The molecule has 1 atom stereocenters. The van der Waals surface area contributed by atoms with Gasteiger partial charge in [0.15, 0.2) is 0 Å². The molecule has 0 aromatic heterocycles. The van der Waals surface area contributed by atoms with Crippen molar-refractivity contribution in [2.45, 2.75) is 32.9 Å². The highest BCUT2D eigenvalue weighted by Gasteiger charge is 2.22. The number of nitroso groups, excluding NO2 is 1. The van der Waals surface area contributed by atoms with Crippen LogP contribution in [0.5, 0.6) is 0 Å². The Morgan fingerprint density at radius 2 is 2.07 bits per heavy atom. The van der Waals surface area contributed by atoms with E-state index in [-0.39, 0.29) is 17.8 Å². The minimum absolute atomic E-state index is 0.0780.